The van der Waals surface area contributed by atoms with Crippen LogP contribution >= 0.6 is 11.6 Å². The Balaban J connectivity index is 3.52. The van der Waals surface area contributed by atoms with Crippen LogP contribution in [0.3, 0.4) is 0 Å². The van der Waals surface area contributed by atoms with Gasteiger partial charge < -0.3 is 5.32 Å². The summed E-state index contributed by atoms with van der Waals surface area (Å²) in [5.41, 5.74) is -1.73. The van der Waals surface area contributed by atoms with E-state index in [1.165, 1.54) is 0 Å². The summed E-state index contributed by atoms with van der Waals surface area (Å²) >= 11 is 5.53. The molecule has 0 aliphatic rings. The third-order valence-electron chi connectivity index (χ3n) is 1.76. The molecular weight excluding hydrogens is 254 g/mol. The Bertz CT molecular complexity index is 481. The number of carbonyl (C=O) groups is 1. The maximum Gasteiger partial charge on any atom is 0.301 e. The molecule has 0 spiro atoms. The Morgan fingerprint density at radius 3 is 1.94 bits per heavy atom. The van der Waals surface area contributed by atoms with Crippen LogP contribution in [0.2, 0.25) is 5.02 Å². The molecule has 0 saturated heterocycles. The Kier molecular flexibility index (Phi) is 3.59. The number of benzene rings is 1. The third-order valence-corrected chi connectivity index (χ3v) is 1.97. The van der Waals surface area contributed by atoms with E-state index in [0.717, 1.165) is 19.1 Å². The van der Waals surface area contributed by atoms with E-state index >= 15 is 0 Å². The number of nitrogens with one attached hydrogen (secondary N) is 1. The Morgan fingerprint density at radius 2 is 1.65 bits per heavy atom. The van der Waals surface area contributed by atoms with Crippen molar-refractivity contribution >= 4 is 34.6 Å². The fourth-order valence-electron chi connectivity index (χ4n) is 1.17. The zero-order valence-corrected chi connectivity index (χ0v) is 9.22. The predicted molar refractivity (Wildman–Crippen MR) is 59.1 cm³/mol. The van der Waals surface area contributed by atoms with Crippen LogP contribution in [-0.2, 0) is 4.79 Å². The van der Waals surface area contributed by atoms with Crippen molar-refractivity contribution in [3.63, 3.8) is 0 Å². The highest BCUT2D eigenvalue weighted by Gasteiger charge is 2.27. The lowest BCUT2D eigenvalue weighted by Crippen LogP contribution is -2.10. The van der Waals surface area contributed by atoms with E-state index in [1.807, 2.05) is 0 Å². The van der Waals surface area contributed by atoms with Crippen molar-refractivity contribution in [2.45, 2.75) is 6.92 Å². The van der Waals surface area contributed by atoms with Gasteiger partial charge in [-0.05, 0) is 0 Å². The van der Waals surface area contributed by atoms with E-state index in [4.69, 9.17) is 11.6 Å². The number of nitro benzene ring substituents is 2. The number of anilines is 1. The molecule has 0 heterocycles. The topological polar surface area (TPSA) is 115 Å². The van der Waals surface area contributed by atoms with Gasteiger partial charge in [0.25, 0.3) is 0 Å². The SMILES string of the molecule is CC(=O)Nc1c([N+](=O)[O-])cc(Cl)cc1[N+](=O)[O-]. The standard InChI is InChI=1S/C8H6ClN3O5/c1-4(13)10-8-6(11(14)15)2-5(9)3-7(8)12(16)17/h2-3H,1H3,(H,10,13). The molecule has 0 radical (unpaired) electrons. The van der Waals surface area contributed by atoms with Gasteiger partial charge in [0.05, 0.1) is 14.9 Å². The normalized spacial score (nSPS) is 9.76. The number of nitrogens with zero attached hydrogens (tertiary/aromatic N) is 2. The monoisotopic (exact) mass is 259 g/mol. The number of amides is 1. The van der Waals surface area contributed by atoms with Crippen LogP contribution in [0.15, 0.2) is 12.1 Å². The summed E-state index contributed by atoms with van der Waals surface area (Å²) in [6.07, 6.45) is 0. The Hall–Kier alpha value is -2.22. The number of hydrogen-bond donors (Lipinski definition) is 1. The van der Waals surface area contributed by atoms with Gasteiger partial charge in [-0.3, -0.25) is 25.0 Å². The fourth-order valence-corrected chi connectivity index (χ4v) is 1.38. The second-order valence-corrected chi connectivity index (χ2v) is 3.45. The molecule has 0 aliphatic heterocycles. The summed E-state index contributed by atoms with van der Waals surface area (Å²) in [7, 11) is 0. The van der Waals surface area contributed by atoms with Gasteiger partial charge in [0.1, 0.15) is 0 Å². The third kappa shape index (κ3) is 2.88. The molecule has 17 heavy (non-hydrogen) atoms. The second kappa shape index (κ2) is 4.74. The van der Waals surface area contributed by atoms with Gasteiger partial charge >= 0.3 is 11.4 Å². The molecule has 0 aromatic heterocycles. The van der Waals surface area contributed by atoms with Crippen LogP contribution in [0.4, 0.5) is 17.1 Å². The van der Waals surface area contributed by atoms with Gasteiger partial charge in [0.2, 0.25) is 5.91 Å². The van der Waals surface area contributed by atoms with Gasteiger partial charge in [-0.2, -0.15) is 0 Å². The molecule has 0 aliphatic carbocycles. The molecule has 1 rings (SSSR count). The lowest BCUT2D eigenvalue weighted by molar-refractivity contribution is -0.392. The molecule has 1 aromatic rings. The summed E-state index contributed by atoms with van der Waals surface area (Å²) < 4.78 is 0. The van der Waals surface area contributed by atoms with E-state index in [2.05, 4.69) is 5.32 Å². The van der Waals surface area contributed by atoms with Crippen molar-refractivity contribution in [2.24, 2.45) is 0 Å². The lowest BCUT2D eigenvalue weighted by atomic mass is 10.2. The van der Waals surface area contributed by atoms with Crippen LogP contribution < -0.4 is 5.32 Å². The summed E-state index contributed by atoms with van der Waals surface area (Å²) in [5, 5.41) is 23.3. The van der Waals surface area contributed by atoms with Crippen molar-refractivity contribution in [3.05, 3.63) is 37.4 Å². The fraction of sp³-hybridized carbons (Fsp3) is 0.125. The van der Waals surface area contributed by atoms with Gasteiger partial charge in [-0.25, -0.2) is 0 Å². The molecule has 0 unspecified atom stereocenters. The highest BCUT2D eigenvalue weighted by Crippen LogP contribution is 2.37. The maximum atomic E-state index is 10.9. The minimum absolute atomic E-state index is 0.155. The van der Waals surface area contributed by atoms with Crippen molar-refractivity contribution < 1.29 is 14.6 Å². The largest absolute Gasteiger partial charge is 0.315 e. The van der Waals surface area contributed by atoms with E-state index in [-0.39, 0.29) is 5.02 Å². The first kappa shape index (κ1) is 12.8. The Morgan fingerprint density at radius 1 is 1.24 bits per heavy atom. The summed E-state index contributed by atoms with van der Waals surface area (Å²) in [6.45, 7) is 1.09. The predicted octanol–water partition coefficient (Wildman–Crippen LogP) is 2.11. The molecule has 1 amide bonds. The number of rotatable bonds is 3. The average molecular weight is 260 g/mol. The quantitative estimate of drug-likeness (QED) is 0.659. The number of hydrogen-bond acceptors (Lipinski definition) is 5. The van der Waals surface area contributed by atoms with Crippen molar-refractivity contribution in [1.29, 1.82) is 0 Å². The van der Waals surface area contributed by atoms with Crippen molar-refractivity contribution in [1.82, 2.24) is 0 Å². The van der Waals surface area contributed by atoms with Gasteiger partial charge in [0, 0.05) is 19.1 Å². The minimum Gasteiger partial charge on any atom is -0.315 e. The molecule has 0 saturated carbocycles. The highest BCUT2D eigenvalue weighted by molar-refractivity contribution is 6.31. The average Bonchev–Trinajstić information content (AvgIpc) is 2.18. The van der Waals surface area contributed by atoms with Crippen LogP contribution in [0.25, 0.3) is 0 Å². The summed E-state index contributed by atoms with van der Waals surface area (Å²) in [4.78, 5) is 30.6. The summed E-state index contributed by atoms with van der Waals surface area (Å²) in [6, 6.07) is 1.86. The summed E-state index contributed by atoms with van der Waals surface area (Å²) in [5.74, 6) is -0.654. The molecule has 1 N–H and O–H groups in total. The maximum absolute atomic E-state index is 10.9. The number of nitro groups is 2. The number of halogens is 1. The van der Waals surface area contributed by atoms with Crippen LogP contribution in [0.5, 0.6) is 0 Å². The van der Waals surface area contributed by atoms with Gasteiger partial charge in [-0.1, -0.05) is 11.6 Å². The Labute approximate surface area is 99.5 Å². The second-order valence-electron chi connectivity index (χ2n) is 3.01. The molecule has 0 fully saturated rings. The van der Waals surface area contributed by atoms with Gasteiger partial charge in [-0.15, -0.1) is 0 Å². The van der Waals surface area contributed by atoms with E-state index in [1.54, 1.807) is 0 Å². The van der Waals surface area contributed by atoms with Gasteiger partial charge in [0.15, 0.2) is 5.69 Å². The van der Waals surface area contributed by atoms with E-state index < -0.39 is 32.8 Å². The van der Waals surface area contributed by atoms with E-state index in [0.29, 0.717) is 0 Å². The first-order valence-electron chi connectivity index (χ1n) is 4.23. The van der Waals surface area contributed by atoms with E-state index in [9.17, 15) is 25.0 Å². The first-order chi connectivity index (χ1) is 7.82. The molecule has 90 valence electrons. The van der Waals surface area contributed by atoms with Crippen molar-refractivity contribution in [3.8, 4) is 0 Å². The van der Waals surface area contributed by atoms with Crippen LogP contribution in [-0.4, -0.2) is 15.8 Å². The highest BCUT2D eigenvalue weighted by atomic mass is 35.5. The molecule has 1 aromatic carbocycles. The molecule has 8 nitrogen and oxygen atoms in total. The molecule has 0 bridgehead atoms. The zero-order valence-electron chi connectivity index (χ0n) is 8.47. The van der Waals surface area contributed by atoms with Crippen LogP contribution in [0.1, 0.15) is 6.92 Å². The zero-order chi connectivity index (χ0) is 13.2. The molecule has 0 atom stereocenters. The number of carbonyl (C=O) groups excluding carboxylic acids is 1. The van der Waals surface area contributed by atoms with Crippen LogP contribution in [0, 0.1) is 20.2 Å². The molecule has 9 heteroatoms. The smallest absolute Gasteiger partial charge is 0.301 e. The van der Waals surface area contributed by atoms with Crippen molar-refractivity contribution in [2.75, 3.05) is 5.32 Å². The minimum atomic E-state index is -0.857. The molecular formula is C8H6ClN3O5. The first-order valence-corrected chi connectivity index (χ1v) is 4.60. The lowest BCUT2D eigenvalue weighted by Gasteiger charge is -2.04.